The fourth-order valence-corrected chi connectivity index (χ4v) is 1.40. The van der Waals surface area contributed by atoms with Crippen molar-refractivity contribution in [3.05, 3.63) is 30.3 Å². The highest BCUT2D eigenvalue weighted by Crippen LogP contribution is 2.21. The van der Waals surface area contributed by atoms with Gasteiger partial charge in [0, 0.05) is 6.92 Å². The molecule has 2 aromatic rings. The minimum absolute atomic E-state index is 0.424. The second-order valence-electron chi connectivity index (χ2n) is 1.99. The molecule has 2 heterocycles. The van der Waals surface area contributed by atoms with Crippen molar-refractivity contribution in [1.29, 1.82) is 0 Å². The van der Waals surface area contributed by atoms with Crippen LogP contribution in [0.2, 0.25) is 0 Å². The van der Waals surface area contributed by atoms with E-state index in [0.717, 1.165) is 4.88 Å². The lowest BCUT2D eigenvalue weighted by Gasteiger charge is -1.80. The zero-order valence-electron chi connectivity index (χ0n) is 5.65. The van der Waals surface area contributed by atoms with Gasteiger partial charge in [0.25, 0.3) is 5.89 Å². The van der Waals surface area contributed by atoms with Crippen molar-refractivity contribution < 1.29 is 4.52 Å². The molecule has 0 spiro atoms. The van der Waals surface area contributed by atoms with Crippen LogP contribution >= 0.6 is 11.3 Å². The number of thiophene rings is 1. The van der Waals surface area contributed by atoms with Crippen molar-refractivity contribution in [2.75, 3.05) is 0 Å². The van der Waals surface area contributed by atoms with Crippen LogP contribution in [0, 0.1) is 6.92 Å². The summed E-state index contributed by atoms with van der Waals surface area (Å²) in [6.07, 6.45) is 0. The van der Waals surface area contributed by atoms with E-state index in [4.69, 9.17) is 4.52 Å². The molecule has 55 valence electrons. The van der Waals surface area contributed by atoms with E-state index < -0.39 is 0 Å². The van der Waals surface area contributed by atoms with Gasteiger partial charge in [-0.25, -0.2) is 0 Å². The predicted molar refractivity (Wildman–Crippen MR) is 42.1 cm³/mol. The van der Waals surface area contributed by atoms with Crippen LogP contribution in [-0.2, 0) is 0 Å². The second-order valence-corrected chi connectivity index (χ2v) is 2.94. The fraction of sp³-hybridized carbons (Fsp3) is 0. The van der Waals surface area contributed by atoms with Crippen molar-refractivity contribution in [3.63, 3.8) is 0 Å². The van der Waals surface area contributed by atoms with Crippen LogP contribution in [-0.4, -0.2) is 10.1 Å². The van der Waals surface area contributed by atoms with Crippen molar-refractivity contribution in [1.82, 2.24) is 10.1 Å². The number of aromatic nitrogens is 2. The van der Waals surface area contributed by atoms with E-state index >= 15 is 0 Å². The highest BCUT2D eigenvalue weighted by Gasteiger charge is 2.05. The van der Waals surface area contributed by atoms with Gasteiger partial charge in [-0.1, -0.05) is 11.2 Å². The van der Waals surface area contributed by atoms with Crippen LogP contribution in [0.4, 0.5) is 0 Å². The van der Waals surface area contributed by atoms with E-state index in [2.05, 4.69) is 17.1 Å². The summed E-state index contributed by atoms with van der Waals surface area (Å²) in [4.78, 5) is 4.95. The first-order valence-corrected chi connectivity index (χ1v) is 3.94. The van der Waals surface area contributed by atoms with E-state index in [1.165, 1.54) is 0 Å². The topological polar surface area (TPSA) is 38.9 Å². The minimum Gasteiger partial charge on any atom is -0.333 e. The molecule has 0 N–H and O–H groups in total. The second kappa shape index (κ2) is 2.47. The lowest BCUT2D eigenvalue weighted by molar-refractivity contribution is 0.428. The molecular formula is C7H5N2OS. The first-order chi connectivity index (χ1) is 5.36. The van der Waals surface area contributed by atoms with E-state index in [1.54, 1.807) is 11.3 Å². The Kier molecular flexibility index (Phi) is 1.47. The van der Waals surface area contributed by atoms with Gasteiger partial charge in [-0.15, -0.1) is 11.3 Å². The van der Waals surface area contributed by atoms with Crippen LogP contribution in [0.5, 0.6) is 0 Å². The molecule has 11 heavy (non-hydrogen) atoms. The minimum atomic E-state index is 0.424. The lowest BCUT2D eigenvalue weighted by Crippen LogP contribution is -1.71. The van der Waals surface area contributed by atoms with Gasteiger partial charge in [-0.3, -0.25) is 0 Å². The number of hydrogen-bond donors (Lipinski definition) is 0. The molecule has 0 bridgehead atoms. The van der Waals surface area contributed by atoms with E-state index in [0.29, 0.717) is 11.7 Å². The summed E-state index contributed by atoms with van der Waals surface area (Å²) in [7, 11) is 0. The van der Waals surface area contributed by atoms with Gasteiger partial charge in [0.2, 0.25) is 0 Å². The quantitative estimate of drug-likeness (QED) is 0.648. The molecule has 0 fully saturated rings. The Hall–Kier alpha value is -1.16. The third-order valence-corrected chi connectivity index (χ3v) is 2.06. The summed E-state index contributed by atoms with van der Waals surface area (Å²) in [5.74, 6) is 0.971. The molecule has 4 heteroatoms. The molecule has 1 radical (unpaired) electrons. The molecule has 0 saturated carbocycles. The van der Waals surface area contributed by atoms with Crippen molar-refractivity contribution in [2.45, 2.75) is 0 Å². The predicted octanol–water partition coefficient (Wildman–Crippen LogP) is 1.98. The van der Waals surface area contributed by atoms with Crippen LogP contribution in [0.15, 0.2) is 22.0 Å². The number of nitrogens with zero attached hydrogens (tertiary/aromatic N) is 2. The third-order valence-electron chi connectivity index (χ3n) is 1.20. The van der Waals surface area contributed by atoms with E-state index in [-0.39, 0.29) is 0 Å². The van der Waals surface area contributed by atoms with Gasteiger partial charge in [0.15, 0.2) is 5.82 Å². The number of hydrogen-bond acceptors (Lipinski definition) is 4. The van der Waals surface area contributed by atoms with Gasteiger partial charge in [0.05, 0.1) is 4.88 Å². The summed E-state index contributed by atoms with van der Waals surface area (Å²) < 4.78 is 4.90. The largest absolute Gasteiger partial charge is 0.333 e. The maximum absolute atomic E-state index is 4.90. The third kappa shape index (κ3) is 1.17. The molecule has 3 nitrogen and oxygen atoms in total. The summed E-state index contributed by atoms with van der Waals surface area (Å²) >= 11 is 1.57. The first-order valence-electron chi connectivity index (χ1n) is 3.06. The maximum Gasteiger partial charge on any atom is 0.267 e. The van der Waals surface area contributed by atoms with Gasteiger partial charge in [-0.05, 0) is 11.4 Å². The Balaban J connectivity index is 2.45. The Morgan fingerprint density at radius 1 is 1.55 bits per heavy atom. The van der Waals surface area contributed by atoms with E-state index in [9.17, 15) is 0 Å². The summed E-state index contributed by atoms with van der Waals surface area (Å²) in [5, 5.41) is 5.54. The molecule has 0 aliphatic rings. The highest BCUT2D eigenvalue weighted by atomic mass is 32.1. The smallest absolute Gasteiger partial charge is 0.267 e. The molecule has 2 rings (SSSR count). The van der Waals surface area contributed by atoms with Crippen molar-refractivity contribution >= 4 is 11.3 Å². The fourth-order valence-electron chi connectivity index (χ4n) is 0.754. The normalized spacial score (nSPS) is 10.3. The Morgan fingerprint density at radius 2 is 2.45 bits per heavy atom. The van der Waals surface area contributed by atoms with Crippen LogP contribution in [0.1, 0.15) is 5.82 Å². The molecule has 0 aliphatic heterocycles. The van der Waals surface area contributed by atoms with Crippen molar-refractivity contribution in [2.24, 2.45) is 0 Å². The molecule has 0 aliphatic carbocycles. The van der Waals surface area contributed by atoms with Crippen LogP contribution < -0.4 is 0 Å². The molecule has 0 amide bonds. The zero-order chi connectivity index (χ0) is 7.68. The lowest BCUT2D eigenvalue weighted by atomic mass is 10.5. The Labute approximate surface area is 67.7 Å². The van der Waals surface area contributed by atoms with Gasteiger partial charge in [-0.2, -0.15) is 4.98 Å². The average Bonchev–Trinajstić information content (AvgIpc) is 2.55. The molecule has 0 aromatic carbocycles. The molecule has 2 aromatic heterocycles. The molecule has 0 unspecified atom stereocenters. The Morgan fingerprint density at radius 3 is 3.00 bits per heavy atom. The van der Waals surface area contributed by atoms with E-state index in [1.807, 2.05) is 17.5 Å². The van der Waals surface area contributed by atoms with Crippen LogP contribution in [0.25, 0.3) is 10.8 Å². The van der Waals surface area contributed by atoms with Gasteiger partial charge in [0.1, 0.15) is 0 Å². The monoisotopic (exact) mass is 165 g/mol. The molecule has 0 atom stereocenters. The highest BCUT2D eigenvalue weighted by molar-refractivity contribution is 7.13. The maximum atomic E-state index is 4.90. The van der Waals surface area contributed by atoms with Crippen molar-refractivity contribution in [3.8, 4) is 10.8 Å². The average molecular weight is 165 g/mol. The summed E-state index contributed by atoms with van der Waals surface area (Å²) in [6.45, 7) is 3.54. The van der Waals surface area contributed by atoms with Crippen LogP contribution in [0.3, 0.4) is 0 Å². The molecular weight excluding hydrogens is 160 g/mol. The Bertz CT molecular complexity index is 339. The van der Waals surface area contributed by atoms with Gasteiger partial charge < -0.3 is 4.52 Å². The first kappa shape index (κ1) is 6.54. The molecule has 0 saturated heterocycles. The standard InChI is InChI=1S/C7H5N2OS/c1-5-8-7(10-9-5)6-3-2-4-11-6/h2-4H,1H2. The van der Waals surface area contributed by atoms with Gasteiger partial charge >= 0.3 is 0 Å². The zero-order valence-corrected chi connectivity index (χ0v) is 6.47. The SMILES string of the molecule is [CH2]c1noc(-c2cccs2)n1. The summed E-state index contributed by atoms with van der Waals surface area (Å²) in [6, 6.07) is 3.87. The summed E-state index contributed by atoms with van der Waals surface area (Å²) in [5.41, 5.74) is 0. The number of rotatable bonds is 1.